The normalized spacial score (nSPS) is 11.5. The van der Waals surface area contributed by atoms with E-state index in [4.69, 9.17) is 0 Å². The van der Waals surface area contributed by atoms with Crippen molar-refractivity contribution >= 4 is 17.3 Å². The van der Waals surface area contributed by atoms with E-state index in [0.717, 1.165) is 12.1 Å². The average molecular weight is 647 g/mol. The molecule has 0 aliphatic heterocycles. The highest BCUT2D eigenvalue weighted by Crippen LogP contribution is 2.27. The van der Waals surface area contributed by atoms with Crippen LogP contribution >= 0.6 is 0 Å². The van der Waals surface area contributed by atoms with Gasteiger partial charge in [0.05, 0.1) is 0 Å². The molecule has 0 saturated carbocycles. The van der Waals surface area contributed by atoms with E-state index in [2.05, 4.69) is 9.47 Å². The number of aryl methyl sites for hydroxylation is 4. The van der Waals surface area contributed by atoms with Gasteiger partial charge in [0.15, 0.2) is 5.78 Å². The van der Waals surface area contributed by atoms with Crippen LogP contribution in [-0.4, -0.2) is 35.7 Å². The van der Waals surface area contributed by atoms with Gasteiger partial charge in [-0.15, -0.1) is 0 Å². The fourth-order valence-corrected chi connectivity index (χ4v) is 4.41. The fourth-order valence-electron chi connectivity index (χ4n) is 4.41. The monoisotopic (exact) mass is 646 g/mol. The topological polar surface area (TPSA) is 89.9 Å². The molecule has 0 bridgehead atoms. The van der Waals surface area contributed by atoms with Crippen molar-refractivity contribution in [3.8, 4) is 11.5 Å². The van der Waals surface area contributed by atoms with Gasteiger partial charge < -0.3 is 14.6 Å². The first-order valence-corrected chi connectivity index (χ1v) is 13.5. The predicted molar refractivity (Wildman–Crippen MR) is 156 cm³/mol. The van der Waals surface area contributed by atoms with E-state index in [0.29, 0.717) is 22.3 Å². The van der Waals surface area contributed by atoms with Crippen LogP contribution in [0.4, 0.5) is 26.3 Å². The summed E-state index contributed by atoms with van der Waals surface area (Å²) in [5.74, 6) is -3.68. The van der Waals surface area contributed by atoms with Crippen molar-refractivity contribution in [2.75, 3.05) is 0 Å². The van der Waals surface area contributed by atoms with Gasteiger partial charge in [0, 0.05) is 16.7 Å². The van der Waals surface area contributed by atoms with Crippen LogP contribution in [0.3, 0.4) is 0 Å². The van der Waals surface area contributed by atoms with Crippen LogP contribution in [-0.2, 0) is 0 Å². The zero-order chi connectivity index (χ0) is 34.3. The van der Waals surface area contributed by atoms with E-state index in [1.165, 1.54) is 74.5 Å². The van der Waals surface area contributed by atoms with Crippen LogP contribution in [0.1, 0.15) is 65.0 Å². The number of Topliss-reactive ketones (excluding diaryl/α,β-unsaturated/α-hetero) is 3. The summed E-state index contributed by atoms with van der Waals surface area (Å²) in [7, 11) is 0. The zero-order valence-corrected chi connectivity index (χ0v) is 24.9. The molecular formula is C34H28F6O6. The lowest BCUT2D eigenvalue weighted by molar-refractivity contribution is -0.0509. The number of hydrogen-bond donors (Lipinski definition) is 1. The van der Waals surface area contributed by atoms with Crippen LogP contribution in [0.15, 0.2) is 72.8 Å². The van der Waals surface area contributed by atoms with Gasteiger partial charge in [-0.3, -0.25) is 14.4 Å². The molecule has 12 heteroatoms. The molecule has 4 aromatic carbocycles. The minimum absolute atomic E-state index is 0.0241. The van der Waals surface area contributed by atoms with Gasteiger partial charge in [-0.05, 0) is 122 Å². The quantitative estimate of drug-likeness (QED) is 0.107. The first kappa shape index (κ1) is 35.5. The van der Waals surface area contributed by atoms with E-state index in [-0.39, 0.29) is 33.8 Å². The van der Waals surface area contributed by atoms with E-state index >= 15 is 0 Å². The largest absolute Gasteiger partial charge is 0.435 e. The number of hydrogen-bond acceptors (Lipinski definition) is 6. The predicted octanol–water partition coefficient (Wildman–Crippen LogP) is 8.07. The molecule has 0 fully saturated rings. The summed E-state index contributed by atoms with van der Waals surface area (Å²) in [6.45, 7) is 0.293. The third-order valence-electron chi connectivity index (χ3n) is 6.47. The van der Waals surface area contributed by atoms with Crippen LogP contribution < -0.4 is 9.47 Å². The van der Waals surface area contributed by atoms with Crippen LogP contribution in [0, 0.1) is 39.3 Å². The molecule has 0 radical (unpaired) electrons. The Balaban J connectivity index is 0.000000250. The summed E-state index contributed by atoms with van der Waals surface area (Å²) >= 11 is 0. The number of aliphatic hydroxyl groups is 1. The molecule has 0 aliphatic carbocycles. The minimum atomic E-state index is -2.98. The van der Waals surface area contributed by atoms with Gasteiger partial charge in [0.25, 0.3) is 0 Å². The summed E-state index contributed by atoms with van der Waals surface area (Å²) in [6, 6.07) is 15.1. The Labute approximate surface area is 260 Å². The summed E-state index contributed by atoms with van der Waals surface area (Å²) in [5.41, 5.74) is 1.94. The van der Waals surface area contributed by atoms with Gasteiger partial charge in [-0.1, -0.05) is 6.07 Å². The second-order valence-electron chi connectivity index (χ2n) is 10.2. The summed E-state index contributed by atoms with van der Waals surface area (Å²) in [6.07, 6.45) is -1.52. The number of carbonyl (C=O) groups excluding carboxylic acids is 3. The van der Waals surface area contributed by atoms with Crippen molar-refractivity contribution in [2.45, 2.75) is 47.0 Å². The molecule has 46 heavy (non-hydrogen) atoms. The standard InChI is InChI=1S/C17H15F3O3.C17H13F3O3/c2*1-9-5-12(8-13(18)6-9)16(22)15(21)11-3-4-14(10(2)7-11)23-17(19)20/h3-8,15,17,21H,1-2H3;3-8,17H,1-2H3. The van der Waals surface area contributed by atoms with Gasteiger partial charge in [0.2, 0.25) is 11.6 Å². The highest BCUT2D eigenvalue weighted by molar-refractivity contribution is 6.49. The zero-order valence-electron chi connectivity index (χ0n) is 24.9. The summed E-state index contributed by atoms with van der Waals surface area (Å²) in [5, 5.41) is 10.2. The number of benzene rings is 4. The number of halogens is 6. The Morgan fingerprint density at radius 3 is 1.52 bits per heavy atom. The second-order valence-corrected chi connectivity index (χ2v) is 10.2. The molecular weight excluding hydrogens is 618 g/mol. The summed E-state index contributed by atoms with van der Waals surface area (Å²) < 4.78 is 84.2. The van der Waals surface area contributed by atoms with Crippen molar-refractivity contribution in [3.63, 3.8) is 0 Å². The highest BCUT2D eigenvalue weighted by Gasteiger charge is 2.22. The molecule has 4 rings (SSSR count). The van der Waals surface area contributed by atoms with Gasteiger partial charge in [-0.25, -0.2) is 8.78 Å². The maximum Gasteiger partial charge on any atom is 0.387 e. The van der Waals surface area contributed by atoms with Crippen LogP contribution in [0.2, 0.25) is 0 Å². The molecule has 0 aliphatic rings. The number of ether oxygens (including phenoxy) is 2. The number of ketones is 3. The van der Waals surface area contributed by atoms with Crippen LogP contribution in [0.5, 0.6) is 11.5 Å². The van der Waals surface area contributed by atoms with Gasteiger partial charge in [0.1, 0.15) is 29.2 Å². The smallest absolute Gasteiger partial charge is 0.387 e. The molecule has 242 valence electrons. The Morgan fingerprint density at radius 1 is 0.587 bits per heavy atom. The molecule has 0 aromatic heterocycles. The number of carbonyl (C=O) groups is 3. The van der Waals surface area contributed by atoms with Crippen molar-refractivity contribution in [1.29, 1.82) is 0 Å². The van der Waals surface area contributed by atoms with E-state index < -0.39 is 48.3 Å². The van der Waals surface area contributed by atoms with Gasteiger partial charge >= 0.3 is 13.2 Å². The van der Waals surface area contributed by atoms with E-state index in [9.17, 15) is 45.8 Å². The number of alkyl halides is 4. The SMILES string of the molecule is Cc1cc(F)cc(C(=O)C(=O)c2ccc(OC(F)F)c(C)c2)c1.Cc1cc(F)cc(C(=O)C(O)c2ccc(OC(F)F)c(C)c2)c1. The maximum absolute atomic E-state index is 13.4. The second kappa shape index (κ2) is 15.3. The minimum Gasteiger partial charge on any atom is -0.435 e. The Kier molecular flexibility index (Phi) is 11.8. The molecule has 6 nitrogen and oxygen atoms in total. The van der Waals surface area contributed by atoms with E-state index in [1.807, 2.05) is 0 Å². The summed E-state index contributed by atoms with van der Waals surface area (Å²) in [4.78, 5) is 36.6. The number of aliphatic hydroxyl groups excluding tert-OH is 1. The van der Waals surface area contributed by atoms with Crippen molar-refractivity contribution < 1.29 is 55.3 Å². The van der Waals surface area contributed by atoms with Crippen molar-refractivity contribution in [3.05, 3.63) is 129 Å². The molecule has 1 unspecified atom stereocenters. The third-order valence-corrected chi connectivity index (χ3v) is 6.47. The lowest BCUT2D eigenvalue weighted by Gasteiger charge is -2.14. The average Bonchev–Trinajstić information content (AvgIpc) is 2.96. The Bertz CT molecular complexity index is 1710. The maximum atomic E-state index is 13.4. The fraction of sp³-hybridized carbons (Fsp3) is 0.206. The van der Waals surface area contributed by atoms with Crippen LogP contribution in [0.25, 0.3) is 0 Å². The third kappa shape index (κ3) is 9.51. The lowest BCUT2D eigenvalue weighted by atomic mass is 9.97. The highest BCUT2D eigenvalue weighted by atomic mass is 19.3. The molecule has 0 amide bonds. The van der Waals surface area contributed by atoms with Crippen molar-refractivity contribution in [2.24, 2.45) is 0 Å². The number of rotatable bonds is 10. The molecule has 1 N–H and O–H groups in total. The molecule has 4 aromatic rings. The first-order chi connectivity index (χ1) is 21.5. The molecule has 1 atom stereocenters. The Morgan fingerprint density at radius 2 is 1.04 bits per heavy atom. The molecule has 0 saturated heterocycles. The van der Waals surface area contributed by atoms with Gasteiger partial charge in [-0.2, -0.15) is 17.6 Å². The Hall–Kier alpha value is -4.97. The van der Waals surface area contributed by atoms with E-state index in [1.54, 1.807) is 13.8 Å². The first-order valence-electron chi connectivity index (χ1n) is 13.5. The molecule has 0 spiro atoms. The van der Waals surface area contributed by atoms with Crippen molar-refractivity contribution in [1.82, 2.24) is 0 Å². The lowest BCUT2D eigenvalue weighted by Crippen LogP contribution is -2.15. The molecule has 0 heterocycles.